The number of amides is 1. The van der Waals surface area contributed by atoms with Crippen molar-refractivity contribution < 1.29 is 9.53 Å². The van der Waals surface area contributed by atoms with Gasteiger partial charge in [-0.1, -0.05) is 43.0 Å². The summed E-state index contributed by atoms with van der Waals surface area (Å²) in [6.45, 7) is 8.74. The Morgan fingerprint density at radius 1 is 1.15 bits per heavy atom. The van der Waals surface area contributed by atoms with E-state index < -0.39 is 0 Å². The fourth-order valence-corrected chi connectivity index (χ4v) is 2.96. The highest BCUT2D eigenvalue weighted by molar-refractivity contribution is 5.86. The summed E-state index contributed by atoms with van der Waals surface area (Å²) in [5.41, 5.74) is 3.03. The van der Waals surface area contributed by atoms with E-state index in [-0.39, 0.29) is 5.91 Å². The number of hydrogen-bond donors (Lipinski definition) is 1. The standard InChI is InChI=1S/C22H23N3O2/c1-3-9-17-10-5-8-13-20(17)27-15-14-25-19-12-7-6-11-18(19)24-21(25)16-23-22(26)4-2/h3-8,10-13H,1-2,9,14-16H2,(H,23,26). The van der Waals surface area contributed by atoms with E-state index >= 15 is 0 Å². The smallest absolute Gasteiger partial charge is 0.243 e. The van der Waals surface area contributed by atoms with Crippen LogP contribution < -0.4 is 10.1 Å². The number of hydrogen-bond acceptors (Lipinski definition) is 3. The molecule has 0 saturated heterocycles. The third-order valence-electron chi connectivity index (χ3n) is 4.25. The normalized spacial score (nSPS) is 10.5. The predicted octanol–water partition coefficient (Wildman–Crippen LogP) is 3.65. The Labute approximate surface area is 159 Å². The van der Waals surface area contributed by atoms with Gasteiger partial charge in [0.25, 0.3) is 0 Å². The van der Waals surface area contributed by atoms with Crippen LogP contribution in [-0.4, -0.2) is 22.1 Å². The Morgan fingerprint density at radius 2 is 1.93 bits per heavy atom. The largest absolute Gasteiger partial charge is 0.491 e. The molecule has 5 nitrogen and oxygen atoms in total. The Bertz CT molecular complexity index is 959. The van der Waals surface area contributed by atoms with Gasteiger partial charge in [-0.3, -0.25) is 4.79 Å². The molecule has 1 N–H and O–H groups in total. The van der Waals surface area contributed by atoms with Crippen LogP contribution in [0.25, 0.3) is 11.0 Å². The van der Waals surface area contributed by atoms with Crippen molar-refractivity contribution in [2.75, 3.05) is 6.61 Å². The van der Waals surface area contributed by atoms with Crippen LogP contribution in [0.15, 0.2) is 73.8 Å². The SMILES string of the molecule is C=CCc1ccccc1OCCn1c(CNC(=O)C=C)nc2ccccc21. The van der Waals surface area contributed by atoms with Crippen molar-refractivity contribution in [1.82, 2.24) is 14.9 Å². The van der Waals surface area contributed by atoms with E-state index in [0.29, 0.717) is 19.7 Å². The number of carbonyl (C=O) groups excluding carboxylic acids is 1. The molecule has 1 amide bonds. The third kappa shape index (κ3) is 4.44. The van der Waals surface area contributed by atoms with Crippen molar-refractivity contribution in [2.24, 2.45) is 0 Å². The van der Waals surface area contributed by atoms with Crippen molar-refractivity contribution in [3.8, 4) is 5.75 Å². The quantitative estimate of drug-likeness (QED) is 0.468. The van der Waals surface area contributed by atoms with Gasteiger partial charge >= 0.3 is 0 Å². The average Bonchev–Trinajstić information content (AvgIpc) is 3.05. The molecule has 2 aromatic carbocycles. The Morgan fingerprint density at radius 3 is 2.74 bits per heavy atom. The lowest BCUT2D eigenvalue weighted by atomic mass is 10.1. The highest BCUT2D eigenvalue weighted by Crippen LogP contribution is 2.20. The second-order valence-electron chi connectivity index (χ2n) is 6.04. The summed E-state index contributed by atoms with van der Waals surface area (Å²) in [7, 11) is 0. The van der Waals surface area contributed by atoms with Crippen LogP contribution in [0.4, 0.5) is 0 Å². The number of nitrogens with one attached hydrogen (secondary N) is 1. The molecular formula is C22H23N3O2. The van der Waals surface area contributed by atoms with Crippen molar-refractivity contribution in [2.45, 2.75) is 19.5 Å². The van der Waals surface area contributed by atoms with E-state index in [1.165, 1.54) is 6.08 Å². The average molecular weight is 361 g/mol. The van der Waals surface area contributed by atoms with Crippen LogP contribution in [0.1, 0.15) is 11.4 Å². The maximum Gasteiger partial charge on any atom is 0.243 e. The summed E-state index contributed by atoms with van der Waals surface area (Å²) in [5, 5.41) is 2.79. The zero-order valence-corrected chi connectivity index (χ0v) is 15.2. The maximum atomic E-state index is 11.5. The maximum absolute atomic E-state index is 11.5. The molecule has 0 saturated carbocycles. The molecule has 0 unspecified atom stereocenters. The third-order valence-corrected chi connectivity index (χ3v) is 4.25. The minimum atomic E-state index is -0.219. The highest BCUT2D eigenvalue weighted by atomic mass is 16.5. The number of rotatable bonds is 9. The number of aromatic nitrogens is 2. The number of imidazole rings is 1. The second-order valence-corrected chi connectivity index (χ2v) is 6.04. The number of para-hydroxylation sites is 3. The van der Waals surface area contributed by atoms with Crippen LogP contribution in [0.2, 0.25) is 0 Å². The first-order chi connectivity index (χ1) is 13.2. The number of ether oxygens (including phenoxy) is 1. The van der Waals surface area contributed by atoms with Gasteiger partial charge < -0.3 is 14.6 Å². The minimum Gasteiger partial charge on any atom is -0.491 e. The summed E-state index contributed by atoms with van der Waals surface area (Å²) in [6.07, 6.45) is 3.89. The van der Waals surface area contributed by atoms with Crippen molar-refractivity contribution in [3.05, 3.63) is 85.2 Å². The van der Waals surface area contributed by atoms with Gasteiger partial charge in [0, 0.05) is 0 Å². The fraction of sp³-hybridized carbons (Fsp3) is 0.182. The number of fused-ring (bicyclic) bond motifs is 1. The molecule has 5 heteroatoms. The van der Waals surface area contributed by atoms with Crippen LogP contribution in [0.3, 0.4) is 0 Å². The molecule has 0 bridgehead atoms. The molecule has 0 fully saturated rings. The zero-order valence-electron chi connectivity index (χ0n) is 15.2. The summed E-state index contributed by atoms with van der Waals surface area (Å²) in [6, 6.07) is 15.9. The molecule has 0 spiro atoms. The molecule has 0 aliphatic rings. The van der Waals surface area contributed by atoms with Crippen molar-refractivity contribution in [1.29, 1.82) is 0 Å². The molecule has 1 aromatic heterocycles. The van der Waals surface area contributed by atoms with Gasteiger partial charge in [-0.2, -0.15) is 0 Å². The Kier molecular flexibility index (Phi) is 6.05. The summed E-state index contributed by atoms with van der Waals surface area (Å²) < 4.78 is 8.09. The zero-order chi connectivity index (χ0) is 19.1. The molecule has 138 valence electrons. The molecule has 0 aliphatic carbocycles. The first-order valence-corrected chi connectivity index (χ1v) is 8.89. The van der Waals surface area contributed by atoms with Gasteiger partial charge in [0.2, 0.25) is 5.91 Å². The molecule has 1 heterocycles. The topological polar surface area (TPSA) is 56.1 Å². The molecule has 0 aliphatic heterocycles. The van der Waals surface area contributed by atoms with E-state index in [1.54, 1.807) is 0 Å². The summed E-state index contributed by atoms with van der Waals surface area (Å²) in [5.74, 6) is 1.43. The van der Waals surface area contributed by atoms with Crippen LogP contribution >= 0.6 is 0 Å². The number of allylic oxidation sites excluding steroid dienone is 1. The van der Waals surface area contributed by atoms with Crippen LogP contribution in [-0.2, 0) is 24.3 Å². The van der Waals surface area contributed by atoms with Gasteiger partial charge in [-0.15, -0.1) is 6.58 Å². The van der Waals surface area contributed by atoms with E-state index in [9.17, 15) is 4.79 Å². The van der Waals surface area contributed by atoms with Gasteiger partial charge in [-0.05, 0) is 36.3 Å². The summed E-state index contributed by atoms with van der Waals surface area (Å²) >= 11 is 0. The lowest BCUT2D eigenvalue weighted by molar-refractivity contribution is -0.116. The number of benzene rings is 2. The molecule has 3 aromatic rings. The number of carbonyl (C=O) groups is 1. The predicted molar refractivity (Wildman–Crippen MR) is 108 cm³/mol. The van der Waals surface area contributed by atoms with Crippen molar-refractivity contribution in [3.63, 3.8) is 0 Å². The fourth-order valence-electron chi connectivity index (χ4n) is 2.96. The van der Waals surface area contributed by atoms with Crippen molar-refractivity contribution >= 4 is 16.9 Å². The Hall–Kier alpha value is -3.34. The molecule has 3 rings (SSSR count). The summed E-state index contributed by atoms with van der Waals surface area (Å²) in [4.78, 5) is 16.1. The molecule has 27 heavy (non-hydrogen) atoms. The first kappa shape index (κ1) is 18.5. The first-order valence-electron chi connectivity index (χ1n) is 8.89. The lowest BCUT2D eigenvalue weighted by Gasteiger charge is -2.13. The molecular weight excluding hydrogens is 338 g/mol. The van der Waals surface area contributed by atoms with Gasteiger partial charge in [0.1, 0.15) is 18.2 Å². The van der Waals surface area contributed by atoms with E-state index in [0.717, 1.165) is 34.6 Å². The highest BCUT2D eigenvalue weighted by Gasteiger charge is 2.11. The van der Waals surface area contributed by atoms with Crippen LogP contribution in [0.5, 0.6) is 5.75 Å². The Balaban J connectivity index is 1.76. The number of nitrogens with zero attached hydrogens (tertiary/aromatic N) is 2. The van der Waals surface area contributed by atoms with Gasteiger partial charge in [0.15, 0.2) is 0 Å². The second kappa shape index (κ2) is 8.85. The van der Waals surface area contributed by atoms with Crippen LogP contribution in [0, 0.1) is 0 Å². The van der Waals surface area contributed by atoms with Gasteiger partial charge in [0.05, 0.1) is 24.1 Å². The van der Waals surface area contributed by atoms with E-state index in [2.05, 4.69) is 28.0 Å². The monoisotopic (exact) mass is 361 g/mol. The minimum absolute atomic E-state index is 0.219. The van der Waals surface area contributed by atoms with E-state index in [1.807, 2.05) is 54.6 Å². The lowest BCUT2D eigenvalue weighted by Crippen LogP contribution is -2.23. The molecule has 0 radical (unpaired) electrons. The van der Waals surface area contributed by atoms with Gasteiger partial charge in [-0.25, -0.2) is 4.98 Å². The van der Waals surface area contributed by atoms with E-state index in [4.69, 9.17) is 4.74 Å². The molecule has 0 atom stereocenters.